The van der Waals surface area contributed by atoms with Crippen molar-refractivity contribution in [2.24, 2.45) is 0 Å². The van der Waals surface area contributed by atoms with Crippen LogP contribution in [0.5, 0.6) is 0 Å². The van der Waals surface area contributed by atoms with Gasteiger partial charge >= 0.3 is 0 Å². The highest BCUT2D eigenvalue weighted by atomic mass is 32.1. The average molecular weight is 215 g/mol. The maximum atomic E-state index is 12.2. The second kappa shape index (κ2) is 3.45. The van der Waals surface area contributed by atoms with Crippen LogP contribution in [0, 0.1) is 4.77 Å². The van der Waals surface area contributed by atoms with Gasteiger partial charge in [-0.2, -0.15) is 0 Å². The van der Waals surface area contributed by atoms with Crippen LogP contribution in [0.25, 0.3) is 11.0 Å². The van der Waals surface area contributed by atoms with E-state index in [0.717, 1.165) is 5.52 Å². The molecule has 3 nitrogen and oxygen atoms in total. The number of aromatic nitrogens is 3. The number of imidazole rings is 1. The Kier molecular flexibility index (Phi) is 2.28. The van der Waals surface area contributed by atoms with Crippen molar-refractivity contribution < 1.29 is 8.78 Å². The van der Waals surface area contributed by atoms with Crippen LogP contribution in [-0.2, 0) is 6.54 Å². The molecule has 0 saturated carbocycles. The molecule has 0 bridgehead atoms. The van der Waals surface area contributed by atoms with Gasteiger partial charge in [-0.1, -0.05) is 0 Å². The lowest BCUT2D eigenvalue weighted by Crippen LogP contribution is -2.06. The highest BCUT2D eigenvalue weighted by Crippen LogP contribution is 2.13. The van der Waals surface area contributed by atoms with Gasteiger partial charge in [-0.3, -0.25) is 4.98 Å². The molecule has 0 aliphatic heterocycles. The van der Waals surface area contributed by atoms with Crippen LogP contribution >= 0.6 is 12.2 Å². The van der Waals surface area contributed by atoms with E-state index in [9.17, 15) is 8.78 Å². The summed E-state index contributed by atoms with van der Waals surface area (Å²) in [5.74, 6) is 0. The molecule has 0 amide bonds. The van der Waals surface area contributed by atoms with Crippen LogP contribution in [0.15, 0.2) is 18.5 Å². The van der Waals surface area contributed by atoms with Crippen molar-refractivity contribution in [1.29, 1.82) is 0 Å². The van der Waals surface area contributed by atoms with Gasteiger partial charge in [0.15, 0.2) is 4.77 Å². The lowest BCUT2D eigenvalue weighted by atomic mass is 10.4. The molecular weight excluding hydrogens is 208 g/mol. The molecule has 2 heterocycles. The molecule has 0 unspecified atom stereocenters. The number of alkyl halides is 2. The topological polar surface area (TPSA) is 33.6 Å². The molecule has 0 saturated heterocycles. The van der Waals surface area contributed by atoms with Crippen LogP contribution in [0.3, 0.4) is 0 Å². The number of halogens is 2. The predicted octanol–water partition coefficient (Wildman–Crippen LogP) is 2.36. The zero-order valence-corrected chi connectivity index (χ0v) is 7.89. The van der Waals surface area contributed by atoms with E-state index in [-0.39, 0.29) is 0 Å². The van der Waals surface area contributed by atoms with E-state index in [1.807, 2.05) is 0 Å². The molecule has 2 aromatic rings. The zero-order chi connectivity index (χ0) is 10.1. The van der Waals surface area contributed by atoms with Crippen LogP contribution in [0.2, 0.25) is 0 Å². The van der Waals surface area contributed by atoms with Crippen LogP contribution in [0.1, 0.15) is 0 Å². The molecule has 2 rings (SSSR count). The van der Waals surface area contributed by atoms with Gasteiger partial charge in [0.25, 0.3) is 6.43 Å². The minimum Gasteiger partial charge on any atom is -0.330 e. The van der Waals surface area contributed by atoms with E-state index in [1.54, 1.807) is 12.3 Å². The van der Waals surface area contributed by atoms with Crippen LogP contribution in [-0.4, -0.2) is 21.0 Å². The van der Waals surface area contributed by atoms with E-state index in [1.165, 1.54) is 10.8 Å². The molecule has 0 fully saturated rings. The van der Waals surface area contributed by atoms with Gasteiger partial charge in [-0.25, -0.2) is 8.78 Å². The fourth-order valence-corrected chi connectivity index (χ4v) is 1.60. The summed E-state index contributed by atoms with van der Waals surface area (Å²) >= 11 is 4.92. The third-order valence-electron chi connectivity index (χ3n) is 1.90. The number of aromatic amines is 1. The lowest BCUT2D eigenvalue weighted by Gasteiger charge is -2.01. The summed E-state index contributed by atoms with van der Waals surface area (Å²) in [6.45, 7) is -0.398. The summed E-state index contributed by atoms with van der Waals surface area (Å²) in [5.41, 5.74) is 1.34. The second-order valence-electron chi connectivity index (χ2n) is 2.82. The predicted molar refractivity (Wildman–Crippen MR) is 50.9 cm³/mol. The first kappa shape index (κ1) is 9.26. The minimum absolute atomic E-state index is 0.299. The van der Waals surface area contributed by atoms with Gasteiger partial charge in [0, 0.05) is 6.20 Å². The average Bonchev–Trinajstić information content (AvgIpc) is 2.43. The molecule has 0 radical (unpaired) electrons. The van der Waals surface area contributed by atoms with Crippen molar-refractivity contribution in [2.45, 2.75) is 13.0 Å². The molecule has 0 aromatic carbocycles. The van der Waals surface area contributed by atoms with Gasteiger partial charge in [0.2, 0.25) is 0 Å². The van der Waals surface area contributed by atoms with Gasteiger partial charge in [0.05, 0.1) is 23.8 Å². The number of nitrogens with zero attached hydrogens (tertiary/aromatic N) is 2. The molecule has 2 aromatic heterocycles. The lowest BCUT2D eigenvalue weighted by molar-refractivity contribution is 0.127. The van der Waals surface area contributed by atoms with E-state index >= 15 is 0 Å². The number of hydrogen-bond donors (Lipinski definition) is 1. The Balaban J connectivity index is 2.62. The number of H-pyrrole nitrogens is 1. The van der Waals surface area contributed by atoms with Crippen molar-refractivity contribution in [3.8, 4) is 0 Å². The smallest absolute Gasteiger partial charge is 0.256 e. The van der Waals surface area contributed by atoms with Crippen molar-refractivity contribution in [1.82, 2.24) is 14.5 Å². The summed E-state index contributed by atoms with van der Waals surface area (Å²) in [7, 11) is 0. The number of nitrogens with one attached hydrogen (secondary N) is 1. The zero-order valence-electron chi connectivity index (χ0n) is 7.08. The van der Waals surface area contributed by atoms with E-state index in [2.05, 4.69) is 9.97 Å². The molecular formula is C8H7F2N3S. The summed E-state index contributed by atoms with van der Waals surface area (Å²) in [6.07, 6.45) is 0.686. The van der Waals surface area contributed by atoms with Crippen LogP contribution < -0.4 is 0 Å². The molecule has 0 spiro atoms. The Bertz CT molecular complexity index is 503. The normalized spacial score (nSPS) is 11.4. The monoisotopic (exact) mass is 215 g/mol. The quantitative estimate of drug-likeness (QED) is 0.780. The van der Waals surface area contributed by atoms with E-state index < -0.39 is 13.0 Å². The van der Waals surface area contributed by atoms with Gasteiger partial charge < -0.3 is 9.55 Å². The molecule has 6 heteroatoms. The van der Waals surface area contributed by atoms with Gasteiger partial charge in [0.1, 0.15) is 0 Å². The third-order valence-corrected chi connectivity index (χ3v) is 2.22. The molecule has 74 valence electrons. The number of rotatable bonds is 2. The van der Waals surface area contributed by atoms with Crippen molar-refractivity contribution >= 4 is 23.3 Å². The maximum absolute atomic E-state index is 12.2. The Morgan fingerprint density at radius 2 is 2.36 bits per heavy atom. The standard InChI is InChI=1S/C8H7F2N3S/c9-7(10)4-13-6-3-11-2-1-5(6)12-8(13)14/h1-3,7H,4H2,(H,12,14). The largest absolute Gasteiger partial charge is 0.330 e. The van der Waals surface area contributed by atoms with E-state index in [0.29, 0.717) is 10.3 Å². The number of pyridine rings is 1. The first-order valence-corrected chi connectivity index (χ1v) is 4.40. The first-order valence-electron chi connectivity index (χ1n) is 3.99. The summed E-state index contributed by atoms with van der Waals surface area (Å²) in [6, 6.07) is 1.70. The summed E-state index contributed by atoms with van der Waals surface area (Å²) in [4.78, 5) is 6.70. The summed E-state index contributed by atoms with van der Waals surface area (Å²) < 4.78 is 26.1. The second-order valence-corrected chi connectivity index (χ2v) is 3.21. The van der Waals surface area contributed by atoms with Crippen LogP contribution in [0.4, 0.5) is 8.78 Å². The Hall–Kier alpha value is -1.30. The molecule has 1 N–H and O–H groups in total. The molecule has 0 aliphatic rings. The number of hydrogen-bond acceptors (Lipinski definition) is 2. The van der Waals surface area contributed by atoms with E-state index in [4.69, 9.17) is 12.2 Å². The Morgan fingerprint density at radius 1 is 1.57 bits per heavy atom. The van der Waals surface area contributed by atoms with Crippen molar-refractivity contribution in [3.05, 3.63) is 23.2 Å². The maximum Gasteiger partial charge on any atom is 0.256 e. The highest BCUT2D eigenvalue weighted by Gasteiger charge is 2.09. The van der Waals surface area contributed by atoms with Crippen molar-refractivity contribution in [2.75, 3.05) is 0 Å². The van der Waals surface area contributed by atoms with Gasteiger partial charge in [-0.05, 0) is 18.3 Å². The number of fused-ring (bicyclic) bond motifs is 1. The van der Waals surface area contributed by atoms with Crippen molar-refractivity contribution in [3.63, 3.8) is 0 Å². The molecule has 14 heavy (non-hydrogen) atoms. The molecule has 0 aliphatic carbocycles. The molecule has 0 atom stereocenters. The Morgan fingerprint density at radius 3 is 3.07 bits per heavy atom. The Labute approximate surface area is 83.4 Å². The van der Waals surface area contributed by atoms with Gasteiger partial charge in [-0.15, -0.1) is 0 Å². The minimum atomic E-state index is -2.42. The third kappa shape index (κ3) is 1.52. The SMILES string of the molecule is FC(F)Cn1c(=S)[nH]c2ccncc21. The fourth-order valence-electron chi connectivity index (χ4n) is 1.32. The summed E-state index contributed by atoms with van der Waals surface area (Å²) in [5, 5.41) is 0. The first-order chi connectivity index (χ1) is 6.68. The highest BCUT2D eigenvalue weighted by molar-refractivity contribution is 7.71. The fraction of sp³-hybridized carbons (Fsp3) is 0.250.